The van der Waals surface area contributed by atoms with E-state index in [1.54, 1.807) is 14.2 Å². The van der Waals surface area contributed by atoms with E-state index in [2.05, 4.69) is 0 Å². The van der Waals surface area contributed by atoms with E-state index in [9.17, 15) is 5.11 Å². The summed E-state index contributed by atoms with van der Waals surface area (Å²) in [4.78, 5) is 0. The monoisotopic (exact) mass is 293 g/mol. The van der Waals surface area contributed by atoms with Crippen LogP contribution in [-0.4, -0.2) is 31.5 Å². The average Bonchev–Trinajstić information content (AvgIpc) is 2.97. The van der Waals surface area contributed by atoms with Crippen molar-refractivity contribution in [3.8, 4) is 11.5 Å². The Bertz CT molecular complexity index is 479. The molecule has 1 unspecified atom stereocenters. The Hall–Kier alpha value is -1.26. The lowest BCUT2D eigenvalue weighted by atomic mass is 9.68. The predicted octanol–water partition coefficient (Wildman–Crippen LogP) is 2.52. The fourth-order valence-electron chi connectivity index (χ4n) is 3.59. The first-order chi connectivity index (χ1) is 9.98. The molecule has 4 heteroatoms. The molecule has 0 aromatic heterocycles. The highest BCUT2D eigenvalue weighted by atomic mass is 16.5. The van der Waals surface area contributed by atoms with Crippen molar-refractivity contribution in [1.82, 2.24) is 0 Å². The summed E-state index contributed by atoms with van der Waals surface area (Å²) in [5, 5.41) is 11.1. The summed E-state index contributed by atoms with van der Waals surface area (Å²) in [6.07, 6.45) is 4.89. The van der Waals surface area contributed by atoms with Crippen molar-refractivity contribution in [1.29, 1.82) is 0 Å². The summed E-state index contributed by atoms with van der Waals surface area (Å²) in [7, 11) is 3.24. The van der Waals surface area contributed by atoms with Crippen LogP contribution in [0.4, 0.5) is 0 Å². The quantitative estimate of drug-likeness (QED) is 0.846. The number of nitrogens with two attached hydrogens (primary N) is 1. The minimum atomic E-state index is -0.808. The molecule has 0 saturated heterocycles. The van der Waals surface area contributed by atoms with Crippen LogP contribution in [0.15, 0.2) is 18.2 Å². The smallest absolute Gasteiger partial charge is 0.160 e. The molecular weight excluding hydrogens is 266 g/mol. The molecule has 118 valence electrons. The lowest BCUT2D eigenvalue weighted by Gasteiger charge is -2.42. The van der Waals surface area contributed by atoms with Crippen molar-refractivity contribution in [2.45, 2.75) is 44.6 Å². The van der Waals surface area contributed by atoms with Gasteiger partial charge in [-0.25, -0.2) is 0 Å². The van der Waals surface area contributed by atoms with Crippen molar-refractivity contribution in [2.75, 3.05) is 20.8 Å². The van der Waals surface area contributed by atoms with Gasteiger partial charge in [0.15, 0.2) is 11.5 Å². The number of benzene rings is 1. The Morgan fingerprint density at radius 2 is 1.81 bits per heavy atom. The summed E-state index contributed by atoms with van der Waals surface area (Å²) in [5.74, 6) is 1.40. The van der Waals surface area contributed by atoms with Crippen LogP contribution in [0.1, 0.15) is 38.2 Å². The van der Waals surface area contributed by atoms with Crippen LogP contribution in [-0.2, 0) is 6.42 Å². The van der Waals surface area contributed by atoms with E-state index in [0.29, 0.717) is 24.5 Å². The second kappa shape index (κ2) is 6.24. The fraction of sp³-hybridized carbons (Fsp3) is 0.647. The van der Waals surface area contributed by atoms with E-state index in [-0.39, 0.29) is 5.41 Å². The predicted molar refractivity (Wildman–Crippen MR) is 83.8 cm³/mol. The first-order valence-corrected chi connectivity index (χ1v) is 7.61. The molecule has 1 aliphatic carbocycles. The second-order valence-corrected chi connectivity index (χ2v) is 6.33. The number of hydrogen-bond donors (Lipinski definition) is 2. The molecule has 4 nitrogen and oxygen atoms in total. The first kappa shape index (κ1) is 16.1. The molecular formula is C17H27NO3. The first-order valence-electron chi connectivity index (χ1n) is 7.61. The zero-order valence-electron chi connectivity index (χ0n) is 13.3. The van der Waals surface area contributed by atoms with Gasteiger partial charge < -0.3 is 20.3 Å². The van der Waals surface area contributed by atoms with Crippen LogP contribution >= 0.6 is 0 Å². The van der Waals surface area contributed by atoms with Gasteiger partial charge in [0.25, 0.3) is 0 Å². The Morgan fingerprint density at radius 3 is 2.33 bits per heavy atom. The molecule has 21 heavy (non-hydrogen) atoms. The van der Waals surface area contributed by atoms with Gasteiger partial charge in [-0.1, -0.05) is 18.9 Å². The van der Waals surface area contributed by atoms with Crippen molar-refractivity contribution in [2.24, 2.45) is 11.1 Å². The summed E-state index contributed by atoms with van der Waals surface area (Å²) in [6, 6.07) is 5.80. The molecule has 1 saturated carbocycles. The normalized spacial score (nSPS) is 20.0. The summed E-state index contributed by atoms with van der Waals surface area (Å²) in [6.45, 7) is 2.45. The molecule has 1 aliphatic rings. The summed E-state index contributed by atoms with van der Waals surface area (Å²) >= 11 is 0. The van der Waals surface area contributed by atoms with Crippen molar-refractivity contribution in [3.63, 3.8) is 0 Å². The number of hydrogen-bond acceptors (Lipinski definition) is 4. The van der Waals surface area contributed by atoms with Gasteiger partial charge in [-0.05, 0) is 37.5 Å². The number of aliphatic hydroxyl groups is 1. The number of rotatable bonds is 6. The molecule has 2 rings (SSSR count). The zero-order valence-corrected chi connectivity index (χ0v) is 13.3. The molecule has 0 aliphatic heterocycles. The largest absolute Gasteiger partial charge is 0.493 e. The van der Waals surface area contributed by atoms with E-state index < -0.39 is 5.60 Å². The van der Waals surface area contributed by atoms with Gasteiger partial charge in [-0.15, -0.1) is 0 Å². The Labute approximate surface area is 127 Å². The van der Waals surface area contributed by atoms with E-state index >= 15 is 0 Å². The highest BCUT2D eigenvalue weighted by Crippen LogP contribution is 2.47. The molecule has 3 N–H and O–H groups in total. The minimum absolute atomic E-state index is 0.167. The fourth-order valence-corrected chi connectivity index (χ4v) is 3.59. The van der Waals surface area contributed by atoms with Crippen molar-refractivity contribution < 1.29 is 14.6 Å². The number of methoxy groups -OCH3 is 2. The second-order valence-electron chi connectivity index (χ2n) is 6.33. The van der Waals surface area contributed by atoms with Crippen LogP contribution in [0, 0.1) is 5.41 Å². The third-order valence-corrected chi connectivity index (χ3v) is 5.09. The van der Waals surface area contributed by atoms with E-state index in [0.717, 1.165) is 31.2 Å². The van der Waals surface area contributed by atoms with Crippen LogP contribution in [0.5, 0.6) is 11.5 Å². The van der Waals surface area contributed by atoms with Crippen LogP contribution in [0.3, 0.4) is 0 Å². The Balaban J connectivity index is 2.23. The molecule has 0 bridgehead atoms. The standard InChI is InChI=1S/C17H27NO3/c1-16(19,17(12-18)8-4-5-9-17)11-13-6-7-14(20-2)15(10-13)21-3/h6-7,10,19H,4-5,8-9,11-12,18H2,1-3H3. The Morgan fingerprint density at radius 1 is 1.19 bits per heavy atom. The van der Waals surface area contributed by atoms with Crippen molar-refractivity contribution in [3.05, 3.63) is 23.8 Å². The van der Waals surface area contributed by atoms with Gasteiger partial charge in [0.05, 0.1) is 19.8 Å². The highest BCUT2D eigenvalue weighted by Gasteiger charge is 2.47. The van der Waals surface area contributed by atoms with Gasteiger partial charge >= 0.3 is 0 Å². The van der Waals surface area contributed by atoms with E-state index in [1.807, 2.05) is 25.1 Å². The van der Waals surface area contributed by atoms with Gasteiger partial charge in [0.1, 0.15) is 0 Å². The van der Waals surface area contributed by atoms with Crippen LogP contribution in [0.25, 0.3) is 0 Å². The van der Waals surface area contributed by atoms with Gasteiger partial charge in [0.2, 0.25) is 0 Å². The van der Waals surface area contributed by atoms with Crippen LogP contribution < -0.4 is 15.2 Å². The van der Waals surface area contributed by atoms with Crippen LogP contribution in [0.2, 0.25) is 0 Å². The molecule has 0 heterocycles. The highest BCUT2D eigenvalue weighted by molar-refractivity contribution is 5.43. The molecule has 0 radical (unpaired) electrons. The Kier molecular flexibility index (Phi) is 4.79. The van der Waals surface area contributed by atoms with Gasteiger partial charge in [-0.3, -0.25) is 0 Å². The summed E-state index contributed by atoms with van der Waals surface area (Å²) < 4.78 is 10.6. The SMILES string of the molecule is COc1ccc(CC(C)(O)C2(CN)CCCC2)cc1OC. The lowest BCUT2D eigenvalue weighted by Crippen LogP contribution is -2.50. The molecule has 0 amide bonds. The van der Waals surface area contributed by atoms with E-state index in [1.165, 1.54) is 0 Å². The maximum atomic E-state index is 11.1. The lowest BCUT2D eigenvalue weighted by molar-refractivity contribution is -0.0625. The topological polar surface area (TPSA) is 64.7 Å². The third-order valence-electron chi connectivity index (χ3n) is 5.09. The molecule has 0 spiro atoms. The van der Waals surface area contributed by atoms with Gasteiger partial charge in [0, 0.05) is 18.4 Å². The van der Waals surface area contributed by atoms with Crippen molar-refractivity contribution >= 4 is 0 Å². The molecule has 1 aromatic rings. The maximum absolute atomic E-state index is 11.1. The van der Waals surface area contributed by atoms with E-state index in [4.69, 9.17) is 15.2 Å². The zero-order chi connectivity index (χ0) is 15.5. The molecule has 1 atom stereocenters. The summed E-state index contributed by atoms with van der Waals surface area (Å²) in [5.41, 5.74) is 6.07. The molecule has 1 fully saturated rings. The van der Waals surface area contributed by atoms with Gasteiger partial charge in [-0.2, -0.15) is 0 Å². The number of ether oxygens (including phenoxy) is 2. The third kappa shape index (κ3) is 3.01. The maximum Gasteiger partial charge on any atom is 0.160 e. The average molecular weight is 293 g/mol. The molecule has 1 aromatic carbocycles. The minimum Gasteiger partial charge on any atom is -0.493 e.